The predicted octanol–water partition coefficient (Wildman–Crippen LogP) is 5.22. The number of pyridine rings is 1. The van der Waals surface area contributed by atoms with Crippen LogP contribution in [0.1, 0.15) is 31.2 Å². The predicted molar refractivity (Wildman–Crippen MR) is 154 cm³/mol. The van der Waals surface area contributed by atoms with Crippen molar-refractivity contribution in [3.8, 4) is 0 Å². The molecule has 2 heterocycles. The minimum Gasteiger partial charge on any atom is -0.340 e. The van der Waals surface area contributed by atoms with E-state index >= 15 is 0 Å². The van der Waals surface area contributed by atoms with Crippen LogP contribution in [0.5, 0.6) is 0 Å². The lowest BCUT2D eigenvalue weighted by molar-refractivity contribution is 0.248. The van der Waals surface area contributed by atoms with E-state index in [2.05, 4.69) is 30.9 Å². The minimum absolute atomic E-state index is 0.0380. The molecular formula is C29H32FN7O2S. The van der Waals surface area contributed by atoms with E-state index in [1.807, 2.05) is 18.3 Å². The van der Waals surface area contributed by atoms with E-state index in [1.54, 1.807) is 61.9 Å². The molecule has 0 spiro atoms. The zero-order valence-corrected chi connectivity index (χ0v) is 23.0. The highest BCUT2D eigenvalue weighted by atomic mass is 32.2. The number of nitrogens with one attached hydrogen (secondary N) is 3. The summed E-state index contributed by atoms with van der Waals surface area (Å²) in [6.07, 6.45) is 8.67. The number of hydrogen-bond donors (Lipinski definition) is 3. The molecule has 0 amide bonds. The fourth-order valence-electron chi connectivity index (χ4n) is 4.78. The van der Waals surface area contributed by atoms with Crippen molar-refractivity contribution in [1.29, 1.82) is 0 Å². The Morgan fingerprint density at radius 2 is 1.60 bits per heavy atom. The van der Waals surface area contributed by atoms with E-state index in [4.69, 9.17) is 0 Å². The number of aromatic nitrogens is 3. The van der Waals surface area contributed by atoms with E-state index in [9.17, 15) is 12.8 Å². The molecule has 0 atom stereocenters. The van der Waals surface area contributed by atoms with E-state index in [0.717, 1.165) is 37.8 Å². The van der Waals surface area contributed by atoms with Crippen molar-refractivity contribution in [2.45, 2.75) is 49.2 Å². The summed E-state index contributed by atoms with van der Waals surface area (Å²) < 4.78 is 41.4. The van der Waals surface area contributed by atoms with Crippen LogP contribution in [0.25, 0.3) is 0 Å². The molecule has 2 aromatic carbocycles. The Hall–Kier alpha value is -3.93. The first-order chi connectivity index (χ1) is 19.4. The summed E-state index contributed by atoms with van der Waals surface area (Å²) in [5.41, 5.74) is 2.49. The standard InChI is InChI=1S/C29H32FN7O2S/c1-37(26-12-8-23(9-13-26)33-20-21-3-2-17-31-19-21)40(38,39)27-14-10-25(11-15-27)35-29-32-18-16-28(36-29)34-24-6-4-22(30)5-7-24/h2-7,10-11,14-19,23,26,33H,8-9,12-13,20H2,1H3,(H2,32,34,35,36). The summed E-state index contributed by atoms with van der Waals surface area (Å²) >= 11 is 0. The smallest absolute Gasteiger partial charge is 0.243 e. The molecule has 208 valence electrons. The van der Waals surface area contributed by atoms with Gasteiger partial charge >= 0.3 is 0 Å². The van der Waals surface area contributed by atoms with Crippen LogP contribution >= 0.6 is 0 Å². The molecule has 9 nitrogen and oxygen atoms in total. The van der Waals surface area contributed by atoms with Gasteiger partial charge in [-0.15, -0.1) is 0 Å². The van der Waals surface area contributed by atoms with Crippen LogP contribution in [0.3, 0.4) is 0 Å². The monoisotopic (exact) mass is 561 g/mol. The SMILES string of the molecule is CN(C1CCC(NCc2cccnc2)CC1)S(=O)(=O)c1ccc(Nc2nccc(Nc3ccc(F)cc3)n2)cc1. The van der Waals surface area contributed by atoms with Gasteiger partial charge in [-0.25, -0.2) is 17.8 Å². The Labute approximate surface area is 234 Å². The second-order valence-corrected chi connectivity index (χ2v) is 11.8. The maximum Gasteiger partial charge on any atom is 0.243 e. The van der Waals surface area contributed by atoms with Crippen LogP contribution < -0.4 is 16.0 Å². The Morgan fingerprint density at radius 1 is 0.900 bits per heavy atom. The topological polar surface area (TPSA) is 112 Å². The fraction of sp³-hybridized carbons (Fsp3) is 0.276. The van der Waals surface area contributed by atoms with Crippen molar-refractivity contribution in [2.75, 3.05) is 17.7 Å². The summed E-state index contributed by atoms with van der Waals surface area (Å²) in [6.45, 7) is 0.762. The molecule has 0 radical (unpaired) electrons. The van der Waals surface area contributed by atoms with Crippen LogP contribution in [-0.4, -0.2) is 46.8 Å². The van der Waals surface area contributed by atoms with Gasteiger partial charge in [0, 0.05) is 55.6 Å². The summed E-state index contributed by atoms with van der Waals surface area (Å²) in [7, 11) is -1.97. The van der Waals surface area contributed by atoms with E-state index < -0.39 is 10.0 Å². The lowest BCUT2D eigenvalue weighted by Gasteiger charge is -2.34. The first kappa shape index (κ1) is 27.6. The highest BCUT2D eigenvalue weighted by Gasteiger charge is 2.31. The molecule has 1 aliphatic rings. The van der Waals surface area contributed by atoms with Gasteiger partial charge in [0.15, 0.2) is 0 Å². The maximum absolute atomic E-state index is 13.4. The van der Waals surface area contributed by atoms with Crippen LogP contribution in [0.15, 0.2) is 90.2 Å². The van der Waals surface area contributed by atoms with Crippen molar-refractivity contribution in [1.82, 2.24) is 24.6 Å². The minimum atomic E-state index is -3.64. The molecule has 2 aromatic heterocycles. The van der Waals surface area contributed by atoms with Gasteiger partial charge in [0.05, 0.1) is 4.90 Å². The van der Waals surface area contributed by atoms with Crippen molar-refractivity contribution in [2.24, 2.45) is 0 Å². The van der Waals surface area contributed by atoms with Gasteiger partial charge in [-0.05, 0) is 91.9 Å². The summed E-state index contributed by atoms with van der Waals surface area (Å²) in [5.74, 6) is 0.560. The number of rotatable bonds is 10. The van der Waals surface area contributed by atoms with Gasteiger partial charge in [0.1, 0.15) is 11.6 Å². The molecule has 11 heteroatoms. The summed E-state index contributed by atoms with van der Waals surface area (Å²) in [5, 5.41) is 9.76. The largest absolute Gasteiger partial charge is 0.340 e. The Morgan fingerprint density at radius 3 is 2.30 bits per heavy atom. The Bertz CT molecular complexity index is 1500. The molecule has 0 aliphatic heterocycles. The molecule has 3 N–H and O–H groups in total. The molecular weight excluding hydrogens is 529 g/mol. The van der Waals surface area contributed by atoms with Gasteiger partial charge in [-0.3, -0.25) is 4.98 Å². The zero-order chi connectivity index (χ0) is 28.0. The number of sulfonamides is 1. The molecule has 5 rings (SSSR count). The number of benzene rings is 2. The summed E-state index contributed by atoms with van der Waals surface area (Å²) in [4.78, 5) is 13.0. The maximum atomic E-state index is 13.4. The lowest BCUT2D eigenvalue weighted by atomic mass is 9.91. The van der Waals surface area contributed by atoms with Gasteiger partial charge in [0.25, 0.3) is 0 Å². The van der Waals surface area contributed by atoms with Crippen LogP contribution in [0.2, 0.25) is 0 Å². The number of anilines is 4. The van der Waals surface area contributed by atoms with Crippen molar-refractivity contribution < 1.29 is 12.8 Å². The number of hydrogen-bond acceptors (Lipinski definition) is 8. The highest BCUT2D eigenvalue weighted by molar-refractivity contribution is 7.89. The molecule has 0 bridgehead atoms. The molecule has 1 fully saturated rings. The number of nitrogens with zero attached hydrogens (tertiary/aromatic N) is 4. The van der Waals surface area contributed by atoms with E-state index in [1.165, 1.54) is 16.4 Å². The van der Waals surface area contributed by atoms with Gasteiger partial charge < -0.3 is 16.0 Å². The highest BCUT2D eigenvalue weighted by Crippen LogP contribution is 2.28. The third-order valence-corrected chi connectivity index (χ3v) is 9.01. The van der Waals surface area contributed by atoms with Gasteiger partial charge in [0.2, 0.25) is 16.0 Å². The third-order valence-electron chi connectivity index (χ3n) is 7.09. The average Bonchev–Trinajstić information content (AvgIpc) is 2.98. The first-order valence-corrected chi connectivity index (χ1v) is 14.6. The van der Waals surface area contributed by atoms with Gasteiger partial charge in [-0.1, -0.05) is 6.07 Å². The van der Waals surface area contributed by atoms with Crippen LogP contribution in [0, 0.1) is 5.82 Å². The Kier molecular flexibility index (Phi) is 8.63. The molecule has 0 saturated heterocycles. The normalized spacial score (nSPS) is 17.5. The molecule has 40 heavy (non-hydrogen) atoms. The zero-order valence-electron chi connectivity index (χ0n) is 22.2. The Balaban J connectivity index is 1.15. The van der Waals surface area contributed by atoms with Crippen molar-refractivity contribution in [3.05, 3.63) is 96.7 Å². The average molecular weight is 562 g/mol. The van der Waals surface area contributed by atoms with Crippen LogP contribution in [-0.2, 0) is 16.6 Å². The van der Waals surface area contributed by atoms with Crippen molar-refractivity contribution >= 4 is 33.2 Å². The molecule has 0 unspecified atom stereocenters. The lowest BCUT2D eigenvalue weighted by Crippen LogP contribution is -2.43. The second kappa shape index (κ2) is 12.5. The summed E-state index contributed by atoms with van der Waals surface area (Å²) in [6, 6.07) is 18.5. The van der Waals surface area contributed by atoms with Crippen LogP contribution in [0.4, 0.5) is 27.5 Å². The number of halogens is 1. The van der Waals surface area contributed by atoms with Gasteiger partial charge in [-0.2, -0.15) is 9.29 Å². The third kappa shape index (κ3) is 6.98. The van der Waals surface area contributed by atoms with Crippen molar-refractivity contribution in [3.63, 3.8) is 0 Å². The fourth-order valence-corrected chi connectivity index (χ4v) is 6.20. The quantitative estimate of drug-likeness (QED) is 0.242. The first-order valence-electron chi connectivity index (χ1n) is 13.2. The second-order valence-electron chi connectivity index (χ2n) is 9.82. The van der Waals surface area contributed by atoms with E-state index in [-0.39, 0.29) is 16.8 Å². The van der Waals surface area contributed by atoms with E-state index in [0.29, 0.717) is 29.2 Å². The molecule has 1 saturated carbocycles. The molecule has 4 aromatic rings. The molecule has 1 aliphatic carbocycles.